The van der Waals surface area contributed by atoms with Crippen molar-refractivity contribution in [2.24, 2.45) is 0 Å². The van der Waals surface area contributed by atoms with Crippen molar-refractivity contribution in [3.05, 3.63) is 71.8 Å². The number of ether oxygens (including phenoxy) is 1. The maximum absolute atomic E-state index is 12.6. The third-order valence-corrected chi connectivity index (χ3v) is 4.50. The van der Waals surface area contributed by atoms with Gasteiger partial charge in [0.15, 0.2) is 5.78 Å². The van der Waals surface area contributed by atoms with Gasteiger partial charge >= 0.3 is 0 Å². The Bertz CT molecular complexity index is 978. The lowest BCUT2D eigenvalue weighted by atomic mass is 9.97. The Labute approximate surface area is 152 Å². The van der Waals surface area contributed by atoms with E-state index in [4.69, 9.17) is 4.74 Å². The van der Waals surface area contributed by atoms with Crippen LogP contribution >= 0.6 is 0 Å². The molecule has 1 amide bonds. The predicted octanol–water partition coefficient (Wildman–Crippen LogP) is 4.79. The fraction of sp³-hybridized carbons (Fsp3) is 0.182. The fourth-order valence-corrected chi connectivity index (χ4v) is 2.86. The molecule has 0 saturated heterocycles. The minimum atomic E-state index is -0.317. The molecule has 3 aromatic rings. The average molecular weight is 347 g/mol. The molecule has 132 valence electrons. The number of amides is 1. The molecule has 1 unspecified atom stereocenters. The second-order valence-corrected chi connectivity index (χ2v) is 6.32. The molecule has 1 atom stereocenters. The summed E-state index contributed by atoms with van der Waals surface area (Å²) in [6.45, 7) is 3.38. The molecule has 0 saturated carbocycles. The van der Waals surface area contributed by atoms with E-state index in [9.17, 15) is 9.59 Å². The number of methoxy groups -OCH3 is 1. The minimum absolute atomic E-state index is 0.0286. The molecule has 26 heavy (non-hydrogen) atoms. The van der Waals surface area contributed by atoms with Crippen LogP contribution in [0.4, 0.5) is 5.69 Å². The molecular formula is C22H21NO3. The van der Waals surface area contributed by atoms with Crippen LogP contribution in [-0.4, -0.2) is 18.8 Å². The van der Waals surface area contributed by atoms with Gasteiger partial charge in [0.2, 0.25) is 5.91 Å². The summed E-state index contributed by atoms with van der Waals surface area (Å²) in [5.74, 6) is 0.349. The van der Waals surface area contributed by atoms with Crippen molar-refractivity contribution in [1.82, 2.24) is 0 Å². The monoisotopic (exact) mass is 347 g/mol. The van der Waals surface area contributed by atoms with E-state index in [0.717, 1.165) is 22.1 Å². The van der Waals surface area contributed by atoms with Crippen molar-refractivity contribution in [2.75, 3.05) is 12.4 Å². The van der Waals surface area contributed by atoms with Crippen molar-refractivity contribution in [3.8, 4) is 5.75 Å². The Kier molecular flexibility index (Phi) is 5.03. The summed E-state index contributed by atoms with van der Waals surface area (Å²) in [6, 6.07) is 18.8. The molecule has 3 aromatic carbocycles. The number of fused-ring (bicyclic) bond motifs is 1. The van der Waals surface area contributed by atoms with Gasteiger partial charge in [-0.05, 0) is 54.4 Å². The maximum atomic E-state index is 12.6. The van der Waals surface area contributed by atoms with Crippen LogP contribution in [0.1, 0.15) is 35.7 Å². The Morgan fingerprint density at radius 2 is 1.69 bits per heavy atom. The van der Waals surface area contributed by atoms with Crippen molar-refractivity contribution in [3.63, 3.8) is 0 Å². The van der Waals surface area contributed by atoms with Gasteiger partial charge in [0, 0.05) is 11.3 Å². The molecule has 1 N–H and O–H groups in total. The Morgan fingerprint density at radius 3 is 2.42 bits per heavy atom. The Morgan fingerprint density at radius 1 is 0.962 bits per heavy atom. The molecule has 4 nitrogen and oxygen atoms in total. The molecule has 0 heterocycles. The first kappa shape index (κ1) is 17.7. The van der Waals surface area contributed by atoms with Gasteiger partial charge in [0.1, 0.15) is 5.75 Å². The first-order valence-corrected chi connectivity index (χ1v) is 8.47. The van der Waals surface area contributed by atoms with Gasteiger partial charge in [-0.2, -0.15) is 0 Å². The zero-order chi connectivity index (χ0) is 18.7. The molecular weight excluding hydrogens is 326 g/mol. The quantitative estimate of drug-likeness (QED) is 0.675. The van der Waals surface area contributed by atoms with Crippen LogP contribution in [0.2, 0.25) is 0 Å². The lowest BCUT2D eigenvalue weighted by Crippen LogP contribution is -2.19. The van der Waals surface area contributed by atoms with Crippen LogP contribution in [0.5, 0.6) is 5.75 Å². The third kappa shape index (κ3) is 3.75. The van der Waals surface area contributed by atoms with Crippen LogP contribution in [0, 0.1) is 0 Å². The number of ketones is 1. The van der Waals surface area contributed by atoms with E-state index in [1.807, 2.05) is 43.3 Å². The third-order valence-electron chi connectivity index (χ3n) is 4.50. The van der Waals surface area contributed by atoms with Gasteiger partial charge < -0.3 is 10.1 Å². The fourth-order valence-electron chi connectivity index (χ4n) is 2.86. The van der Waals surface area contributed by atoms with Gasteiger partial charge in [0.05, 0.1) is 13.0 Å². The lowest BCUT2D eigenvalue weighted by Gasteiger charge is -2.14. The molecule has 0 aliphatic heterocycles. The zero-order valence-electron chi connectivity index (χ0n) is 15.1. The van der Waals surface area contributed by atoms with E-state index < -0.39 is 0 Å². The normalized spacial score (nSPS) is 11.8. The molecule has 0 spiro atoms. The summed E-state index contributed by atoms with van der Waals surface area (Å²) < 4.78 is 5.24. The molecule has 0 aliphatic rings. The minimum Gasteiger partial charge on any atom is -0.497 e. The van der Waals surface area contributed by atoms with Crippen molar-refractivity contribution in [2.45, 2.75) is 19.8 Å². The van der Waals surface area contributed by atoms with Crippen molar-refractivity contribution >= 4 is 28.2 Å². The van der Waals surface area contributed by atoms with Crippen LogP contribution < -0.4 is 10.1 Å². The van der Waals surface area contributed by atoms with Gasteiger partial charge in [-0.1, -0.05) is 36.4 Å². The molecule has 0 aromatic heterocycles. The Hall–Kier alpha value is -3.14. The molecule has 4 heteroatoms. The molecule has 0 radical (unpaired) electrons. The number of hydrogen-bond donors (Lipinski definition) is 1. The summed E-state index contributed by atoms with van der Waals surface area (Å²) in [6.07, 6.45) is 0. The van der Waals surface area contributed by atoms with E-state index in [1.54, 1.807) is 31.4 Å². The molecule has 0 aliphatic carbocycles. The van der Waals surface area contributed by atoms with Gasteiger partial charge in [-0.15, -0.1) is 0 Å². The van der Waals surface area contributed by atoms with Crippen molar-refractivity contribution < 1.29 is 14.3 Å². The van der Waals surface area contributed by atoms with E-state index in [-0.39, 0.29) is 17.6 Å². The van der Waals surface area contributed by atoms with E-state index in [2.05, 4.69) is 5.32 Å². The van der Waals surface area contributed by atoms with Gasteiger partial charge in [0.25, 0.3) is 0 Å². The smallest absolute Gasteiger partial charge is 0.231 e. The number of carbonyl (C=O) groups excluding carboxylic acids is 2. The van der Waals surface area contributed by atoms with Gasteiger partial charge in [-0.3, -0.25) is 9.59 Å². The topological polar surface area (TPSA) is 55.4 Å². The number of rotatable bonds is 5. The SMILES string of the molecule is COc1ccc2cc(C(C)C(=O)Nc3cccc(C(C)=O)c3)ccc2c1. The molecule has 0 bridgehead atoms. The highest BCUT2D eigenvalue weighted by molar-refractivity contribution is 5.99. The second kappa shape index (κ2) is 7.40. The van der Waals surface area contributed by atoms with Crippen LogP contribution in [0.3, 0.4) is 0 Å². The summed E-state index contributed by atoms with van der Waals surface area (Å²) in [4.78, 5) is 24.1. The predicted molar refractivity (Wildman–Crippen MR) is 104 cm³/mol. The lowest BCUT2D eigenvalue weighted by molar-refractivity contribution is -0.117. The molecule has 0 fully saturated rings. The number of Topliss-reactive ketones (excluding diaryl/α,β-unsaturated/α-hetero) is 1. The number of hydrogen-bond acceptors (Lipinski definition) is 3. The zero-order valence-corrected chi connectivity index (χ0v) is 15.1. The van der Waals surface area contributed by atoms with Gasteiger partial charge in [-0.25, -0.2) is 0 Å². The highest BCUT2D eigenvalue weighted by Crippen LogP contribution is 2.26. The van der Waals surface area contributed by atoms with Crippen LogP contribution in [0.25, 0.3) is 10.8 Å². The summed E-state index contributed by atoms with van der Waals surface area (Å²) in [5, 5.41) is 5.01. The number of carbonyl (C=O) groups is 2. The number of anilines is 1. The van der Waals surface area contributed by atoms with E-state index in [0.29, 0.717) is 11.3 Å². The maximum Gasteiger partial charge on any atom is 0.231 e. The Balaban J connectivity index is 1.80. The number of benzene rings is 3. The average Bonchev–Trinajstić information content (AvgIpc) is 2.66. The van der Waals surface area contributed by atoms with E-state index >= 15 is 0 Å². The second-order valence-electron chi connectivity index (χ2n) is 6.32. The first-order chi connectivity index (χ1) is 12.5. The van der Waals surface area contributed by atoms with Crippen LogP contribution in [0.15, 0.2) is 60.7 Å². The largest absolute Gasteiger partial charge is 0.497 e. The van der Waals surface area contributed by atoms with Crippen LogP contribution in [-0.2, 0) is 4.79 Å². The highest BCUT2D eigenvalue weighted by atomic mass is 16.5. The van der Waals surface area contributed by atoms with Crippen molar-refractivity contribution in [1.29, 1.82) is 0 Å². The standard InChI is InChI=1S/C22H21NO3/c1-14(22(25)23-20-6-4-5-17(12-20)15(2)24)16-7-8-19-13-21(26-3)10-9-18(19)11-16/h4-14H,1-3H3,(H,23,25). The highest BCUT2D eigenvalue weighted by Gasteiger charge is 2.16. The first-order valence-electron chi connectivity index (χ1n) is 8.47. The summed E-state index contributed by atoms with van der Waals surface area (Å²) in [7, 11) is 1.64. The molecule has 3 rings (SSSR count). The number of nitrogens with one attached hydrogen (secondary N) is 1. The summed E-state index contributed by atoms with van der Waals surface area (Å²) in [5.41, 5.74) is 2.14. The summed E-state index contributed by atoms with van der Waals surface area (Å²) >= 11 is 0. The van der Waals surface area contributed by atoms with E-state index in [1.165, 1.54) is 6.92 Å².